The lowest BCUT2D eigenvalue weighted by atomic mass is 9.90. The summed E-state index contributed by atoms with van der Waals surface area (Å²) in [5, 5.41) is 3.74. The Labute approximate surface area is 115 Å². The Kier molecular flexibility index (Phi) is 7.92. The Morgan fingerprint density at radius 3 is 2.28 bits per heavy atom. The molecule has 0 unspecified atom stereocenters. The summed E-state index contributed by atoms with van der Waals surface area (Å²) in [6.45, 7) is 11.9. The highest BCUT2D eigenvalue weighted by Gasteiger charge is 2.31. The lowest BCUT2D eigenvalue weighted by molar-refractivity contribution is 0.122. The van der Waals surface area contributed by atoms with E-state index in [4.69, 9.17) is 0 Å². The van der Waals surface area contributed by atoms with Gasteiger partial charge in [-0.2, -0.15) is 0 Å². The van der Waals surface area contributed by atoms with Crippen molar-refractivity contribution >= 4 is 0 Å². The van der Waals surface area contributed by atoms with E-state index in [0.29, 0.717) is 5.54 Å². The zero-order chi connectivity index (χ0) is 13.3. The number of piperazine rings is 1. The third-order valence-electron chi connectivity index (χ3n) is 4.64. The van der Waals surface area contributed by atoms with E-state index in [2.05, 4.69) is 31.0 Å². The number of rotatable bonds is 9. The molecule has 0 aliphatic carbocycles. The second-order valence-electron chi connectivity index (χ2n) is 5.96. The summed E-state index contributed by atoms with van der Waals surface area (Å²) in [5.74, 6) is 0. The van der Waals surface area contributed by atoms with E-state index in [-0.39, 0.29) is 0 Å². The van der Waals surface area contributed by atoms with Crippen LogP contribution in [0.2, 0.25) is 0 Å². The van der Waals surface area contributed by atoms with Crippen LogP contribution >= 0.6 is 0 Å². The summed E-state index contributed by atoms with van der Waals surface area (Å²) >= 11 is 0. The number of unbranched alkanes of at least 4 members (excludes halogenated alkanes) is 5. The molecule has 0 spiro atoms. The fourth-order valence-corrected chi connectivity index (χ4v) is 3.07. The minimum Gasteiger partial charge on any atom is -0.309 e. The second-order valence-corrected chi connectivity index (χ2v) is 5.96. The monoisotopic (exact) mass is 254 g/mol. The molecule has 1 heterocycles. The number of hydrogen-bond acceptors (Lipinski definition) is 2. The van der Waals surface area contributed by atoms with Crippen LogP contribution in [0, 0.1) is 0 Å². The Hall–Kier alpha value is -0.0800. The molecule has 1 fully saturated rings. The third-order valence-corrected chi connectivity index (χ3v) is 4.64. The maximum atomic E-state index is 3.74. The van der Waals surface area contributed by atoms with Crippen LogP contribution in [0.15, 0.2) is 0 Å². The Morgan fingerprint density at radius 2 is 1.61 bits per heavy atom. The van der Waals surface area contributed by atoms with Crippen molar-refractivity contribution in [1.82, 2.24) is 10.2 Å². The SMILES string of the molecule is CCCCCCCCN1CCNC(CC)(CC)C1. The first-order valence-corrected chi connectivity index (χ1v) is 8.23. The number of nitrogens with zero attached hydrogens (tertiary/aromatic N) is 1. The molecule has 0 aromatic heterocycles. The zero-order valence-electron chi connectivity index (χ0n) is 12.9. The molecule has 1 rings (SSSR count). The molecule has 1 aliphatic heterocycles. The molecule has 0 bridgehead atoms. The molecule has 0 atom stereocenters. The highest BCUT2D eigenvalue weighted by Crippen LogP contribution is 2.20. The highest BCUT2D eigenvalue weighted by atomic mass is 15.2. The van der Waals surface area contributed by atoms with E-state index in [0.717, 1.165) is 0 Å². The van der Waals surface area contributed by atoms with Gasteiger partial charge in [0.05, 0.1) is 0 Å². The van der Waals surface area contributed by atoms with E-state index >= 15 is 0 Å². The number of nitrogens with one attached hydrogen (secondary N) is 1. The summed E-state index contributed by atoms with van der Waals surface area (Å²) in [7, 11) is 0. The van der Waals surface area contributed by atoms with Crippen molar-refractivity contribution in [2.45, 2.75) is 77.7 Å². The van der Waals surface area contributed by atoms with Gasteiger partial charge in [0, 0.05) is 25.2 Å². The van der Waals surface area contributed by atoms with Gasteiger partial charge in [-0.3, -0.25) is 0 Å². The summed E-state index contributed by atoms with van der Waals surface area (Å²) in [6, 6.07) is 0. The average molecular weight is 254 g/mol. The highest BCUT2D eigenvalue weighted by molar-refractivity contribution is 4.92. The maximum absolute atomic E-state index is 3.74. The first-order valence-electron chi connectivity index (χ1n) is 8.23. The van der Waals surface area contributed by atoms with E-state index in [9.17, 15) is 0 Å². The van der Waals surface area contributed by atoms with Crippen molar-refractivity contribution in [2.75, 3.05) is 26.2 Å². The van der Waals surface area contributed by atoms with Crippen LogP contribution in [0.4, 0.5) is 0 Å². The summed E-state index contributed by atoms with van der Waals surface area (Å²) in [5.41, 5.74) is 0.403. The van der Waals surface area contributed by atoms with E-state index < -0.39 is 0 Å². The van der Waals surface area contributed by atoms with Gasteiger partial charge >= 0.3 is 0 Å². The molecular formula is C16H34N2. The van der Waals surface area contributed by atoms with Gasteiger partial charge in [0.2, 0.25) is 0 Å². The van der Waals surface area contributed by atoms with Crippen LogP contribution in [-0.2, 0) is 0 Å². The molecule has 0 saturated carbocycles. The number of hydrogen-bond donors (Lipinski definition) is 1. The Morgan fingerprint density at radius 1 is 0.944 bits per heavy atom. The minimum atomic E-state index is 0.403. The van der Waals surface area contributed by atoms with Crippen molar-refractivity contribution < 1.29 is 0 Å². The van der Waals surface area contributed by atoms with Crippen molar-refractivity contribution in [3.8, 4) is 0 Å². The summed E-state index contributed by atoms with van der Waals surface area (Å²) in [4.78, 5) is 2.68. The molecule has 2 heteroatoms. The van der Waals surface area contributed by atoms with Gasteiger partial charge in [-0.25, -0.2) is 0 Å². The molecule has 108 valence electrons. The predicted molar refractivity (Wildman–Crippen MR) is 81.1 cm³/mol. The molecule has 1 saturated heterocycles. The van der Waals surface area contributed by atoms with Crippen LogP contribution in [0.3, 0.4) is 0 Å². The Balaban J connectivity index is 2.14. The van der Waals surface area contributed by atoms with Crippen LogP contribution in [0.25, 0.3) is 0 Å². The van der Waals surface area contributed by atoms with E-state index in [1.54, 1.807) is 0 Å². The quantitative estimate of drug-likeness (QED) is 0.629. The minimum absolute atomic E-state index is 0.403. The van der Waals surface area contributed by atoms with Crippen LogP contribution in [0.5, 0.6) is 0 Å². The molecular weight excluding hydrogens is 220 g/mol. The van der Waals surface area contributed by atoms with Crippen molar-refractivity contribution in [3.63, 3.8) is 0 Å². The van der Waals surface area contributed by atoms with E-state index in [1.807, 2.05) is 0 Å². The van der Waals surface area contributed by atoms with Gasteiger partial charge in [-0.1, -0.05) is 52.9 Å². The molecule has 1 aliphatic rings. The van der Waals surface area contributed by atoms with Gasteiger partial charge < -0.3 is 10.2 Å². The van der Waals surface area contributed by atoms with E-state index in [1.165, 1.54) is 77.5 Å². The van der Waals surface area contributed by atoms with Crippen molar-refractivity contribution in [1.29, 1.82) is 0 Å². The summed E-state index contributed by atoms with van der Waals surface area (Å²) in [6.07, 6.45) is 11.0. The molecule has 1 N–H and O–H groups in total. The smallest absolute Gasteiger partial charge is 0.0304 e. The lowest BCUT2D eigenvalue weighted by Crippen LogP contribution is -2.59. The van der Waals surface area contributed by atoms with Crippen LogP contribution in [-0.4, -0.2) is 36.6 Å². The topological polar surface area (TPSA) is 15.3 Å². The standard InChI is InChI=1S/C16H34N2/c1-4-7-8-9-10-11-13-18-14-12-17-16(5-2,6-3)15-18/h17H,4-15H2,1-3H3. The molecule has 2 nitrogen and oxygen atoms in total. The molecule has 0 aromatic carbocycles. The fourth-order valence-electron chi connectivity index (χ4n) is 3.07. The second kappa shape index (κ2) is 8.92. The first-order chi connectivity index (χ1) is 8.76. The molecule has 0 amide bonds. The van der Waals surface area contributed by atoms with Gasteiger partial charge in [0.15, 0.2) is 0 Å². The molecule has 18 heavy (non-hydrogen) atoms. The first kappa shape index (κ1) is 16.0. The van der Waals surface area contributed by atoms with Crippen LogP contribution in [0.1, 0.15) is 72.1 Å². The Bertz CT molecular complexity index is 199. The maximum Gasteiger partial charge on any atom is 0.0304 e. The third kappa shape index (κ3) is 5.27. The average Bonchev–Trinajstić information content (AvgIpc) is 2.43. The van der Waals surface area contributed by atoms with Gasteiger partial charge in [-0.15, -0.1) is 0 Å². The lowest BCUT2D eigenvalue weighted by Gasteiger charge is -2.43. The van der Waals surface area contributed by atoms with Crippen molar-refractivity contribution in [2.24, 2.45) is 0 Å². The predicted octanol–water partition coefficient (Wildman–Crippen LogP) is 3.81. The fraction of sp³-hybridized carbons (Fsp3) is 1.00. The normalized spacial score (nSPS) is 20.2. The van der Waals surface area contributed by atoms with Crippen molar-refractivity contribution in [3.05, 3.63) is 0 Å². The summed E-state index contributed by atoms with van der Waals surface area (Å²) < 4.78 is 0. The molecule has 0 radical (unpaired) electrons. The zero-order valence-corrected chi connectivity index (χ0v) is 12.9. The van der Waals surface area contributed by atoms with Gasteiger partial charge in [0.1, 0.15) is 0 Å². The largest absolute Gasteiger partial charge is 0.309 e. The van der Waals surface area contributed by atoms with Crippen LogP contribution < -0.4 is 5.32 Å². The van der Waals surface area contributed by atoms with Gasteiger partial charge in [0.25, 0.3) is 0 Å². The van der Waals surface area contributed by atoms with Gasteiger partial charge in [-0.05, 0) is 25.8 Å². The molecule has 0 aromatic rings.